The number of methoxy groups -OCH3 is 1. The molecule has 0 radical (unpaired) electrons. The number of nitrogens with zero attached hydrogens (tertiary/aromatic N) is 2. The van der Waals surface area contributed by atoms with Gasteiger partial charge in [-0.3, -0.25) is 0 Å². The summed E-state index contributed by atoms with van der Waals surface area (Å²) in [5, 5.41) is 0. The fourth-order valence-corrected chi connectivity index (χ4v) is 3.09. The molecule has 106 valence electrons. The number of alkyl halides is 1. The van der Waals surface area contributed by atoms with Crippen LogP contribution < -0.4 is 0 Å². The van der Waals surface area contributed by atoms with Gasteiger partial charge < -0.3 is 4.74 Å². The second kappa shape index (κ2) is 6.19. The van der Waals surface area contributed by atoms with E-state index < -0.39 is 0 Å². The van der Waals surface area contributed by atoms with E-state index in [0.717, 1.165) is 29.9 Å². The molecule has 19 heavy (non-hydrogen) atoms. The van der Waals surface area contributed by atoms with Crippen molar-refractivity contribution in [3.05, 3.63) is 23.3 Å². The van der Waals surface area contributed by atoms with E-state index in [1.807, 2.05) is 6.20 Å². The molecule has 0 spiro atoms. The van der Waals surface area contributed by atoms with E-state index >= 15 is 0 Å². The normalized spacial score (nSPS) is 18.8. The molecule has 0 saturated heterocycles. The molecule has 1 aromatic heterocycles. The molecule has 1 saturated carbocycles. The maximum absolute atomic E-state index is 5.97. The fraction of sp³-hybridized carbons (Fsp3) is 0.733. The minimum absolute atomic E-state index is 0.285. The van der Waals surface area contributed by atoms with Gasteiger partial charge in [0.05, 0.1) is 11.6 Å². The van der Waals surface area contributed by atoms with Crippen molar-refractivity contribution in [2.75, 3.05) is 7.11 Å². The molecule has 0 amide bonds. The predicted molar refractivity (Wildman–Crippen MR) is 77.5 cm³/mol. The molecular weight excluding hydrogens is 260 g/mol. The van der Waals surface area contributed by atoms with Crippen molar-refractivity contribution in [2.24, 2.45) is 0 Å². The van der Waals surface area contributed by atoms with Gasteiger partial charge in [-0.25, -0.2) is 9.97 Å². The molecule has 3 nitrogen and oxygen atoms in total. The van der Waals surface area contributed by atoms with E-state index in [1.54, 1.807) is 7.11 Å². The lowest BCUT2D eigenvalue weighted by Gasteiger charge is -2.34. The van der Waals surface area contributed by atoms with Crippen LogP contribution >= 0.6 is 11.6 Å². The highest BCUT2D eigenvalue weighted by Gasteiger charge is 2.37. The van der Waals surface area contributed by atoms with Crippen LogP contribution in [-0.2, 0) is 16.2 Å². The molecule has 0 bridgehead atoms. The van der Waals surface area contributed by atoms with Gasteiger partial charge in [0.25, 0.3) is 0 Å². The average molecular weight is 283 g/mol. The summed E-state index contributed by atoms with van der Waals surface area (Å²) in [6, 6.07) is 0. The van der Waals surface area contributed by atoms with E-state index in [9.17, 15) is 0 Å². The molecule has 1 heterocycles. The summed E-state index contributed by atoms with van der Waals surface area (Å²) >= 11 is 5.97. The lowest BCUT2D eigenvalue weighted by molar-refractivity contribution is -0.0517. The maximum Gasteiger partial charge on any atom is 0.160 e. The largest absolute Gasteiger partial charge is 0.370 e. The standard InChI is InChI=1S/C15H23ClN2O/c1-11(2)13-12(9-16)10-17-14(18-13)15(19-3)7-5-4-6-8-15/h10-11H,4-9H2,1-3H3. The molecule has 4 heteroatoms. The topological polar surface area (TPSA) is 35.0 Å². The summed E-state index contributed by atoms with van der Waals surface area (Å²) in [5.41, 5.74) is 1.80. The Morgan fingerprint density at radius 3 is 2.53 bits per heavy atom. The van der Waals surface area contributed by atoms with Crippen molar-refractivity contribution >= 4 is 11.6 Å². The third-order valence-electron chi connectivity index (χ3n) is 4.05. The van der Waals surface area contributed by atoms with E-state index in [1.165, 1.54) is 19.3 Å². The van der Waals surface area contributed by atoms with Crippen molar-refractivity contribution < 1.29 is 4.74 Å². The average Bonchev–Trinajstić information content (AvgIpc) is 2.47. The number of rotatable bonds is 4. The van der Waals surface area contributed by atoms with Gasteiger partial charge in [0.15, 0.2) is 5.82 Å². The summed E-state index contributed by atoms with van der Waals surface area (Å²) in [6.45, 7) is 4.28. The molecule has 0 aromatic carbocycles. The van der Waals surface area contributed by atoms with Crippen LogP contribution in [0.1, 0.15) is 69.0 Å². The van der Waals surface area contributed by atoms with Gasteiger partial charge in [-0.1, -0.05) is 33.1 Å². The molecule has 0 aliphatic heterocycles. The van der Waals surface area contributed by atoms with Crippen LogP contribution in [0.15, 0.2) is 6.20 Å². The summed E-state index contributed by atoms with van der Waals surface area (Å²) < 4.78 is 5.82. The first kappa shape index (κ1) is 14.7. The molecule has 0 atom stereocenters. The minimum atomic E-state index is -0.285. The molecular formula is C15H23ClN2O. The summed E-state index contributed by atoms with van der Waals surface area (Å²) in [6.07, 6.45) is 7.56. The third-order valence-corrected chi connectivity index (χ3v) is 4.34. The molecule has 0 unspecified atom stereocenters. The van der Waals surface area contributed by atoms with Crippen molar-refractivity contribution in [2.45, 2.75) is 63.4 Å². The summed E-state index contributed by atoms with van der Waals surface area (Å²) in [7, 11) is 1.78. The highest BCUT2D eigenvalue weighted by molar-refractivity contribution is 6.17. The monoisotopic (exact) mass is 282 g/mol. The van der Waals surface area contributed by atoms with Gasteiger partial charge in [-0.2, -0.15) is 0 Å². The Balaban J connectivity index is 2.40. The Bertz CT molecular complexity index is 428. The smallest absolute Gasteiger partial charge is 0.160 e. The zero-order valence-corrected chi connectivity index (χ0v) is 12.8. The maximum atomic E-state index is 5.97. The Morgan fingerprint density at radius 1 is 1.32 bits per heavy atom. The van der Waals surface area contributed by atoms with Crippen molar-refractivity contribution in [3.63, 3.8) is 0 Å². The minimum Gasteiger partial charge on any atom is -0.370 e. The van der Waals surface area contributed by atoms with Crippen molar-refractivity contribution in [3.8, 4) is 0 Å². The van der Waals surface area contributed by atoms with Crippen molar-refractivity contribution in [1.82, 2.24) is 9.97 Å². The van der Waals surface area contributed by atoms with Crippen LogP contribution in [0.3, 0.4) is 0 Å². The van der Waals surface area contributed by atoms with Gasteiger partial charge in [0, 0.05) is 18.9 Å². The van der Waals surface area contributed by atoms with Gasteiger partial charge in [0.2, 0.25) is 0 Å². The second-order valence-electron chi connectivity index (χ2n) is 5.65. The van der Waals surface area contributed by atoms with Crippen LogP contribution in [0.4, 0.5) is 0 Å². The predicted octanol–water partition coefficient (Wildman–Crippen LogP) is 4.14. The summed E-state index contributed by atoms with van der Waals surface area (Å²) in [4.78, 5) is 9.33. The van der Waals surface area contributed by atoms with Crippen molar-refractivity contribution in [1.29, 1.82) is 0 Å². The Morgan fingerprint density at radius 2 is 2.00 bits per heavy atom. The van der Waals surface area contributed by atoms with Gasteiger partial charge in [0.1, 0.15) is 5.60 Å². The van der Waals surface area contributed by atoms with Gasteiger partial charge in [-0.15, -0.1) is 11.6 Å². The Labute approximate surface area is 120 Å². The number of hydrogen-bond donors (Lipinski definition) is 0. The van der Waals surface area contributed by atoms with E-state index in [-0.39, 0.29) is 5.60 Å². The van der Waals surface area contributed by atoms with Gasteiger partial charge in [-0.05, 0) is 18.8 Å². The molecule has 1 fully saturated rings. The molecule has 2 rings (SSSR count). The molecule has 1 aliphatic rings. The first-order valence-corrected chi connectivity index (χ1v) is 7.64. The van der Waals surface area contributed by atoms with Crippen LogP contribution in [0.25, 0.3) is 0 Å². The van der Waals surface area contributed by atoms with E-state index in [2.05, 4.69) is 18.8 Å². The zero-order chi connectivity index (χ0) is 13.9. The number of aromatic nitrogens is 2. The van der Waals surface area contributed by atoms with Crippen LogP contribution in [0.2, 0.25) is 0 Å². The third kappa shape index (κ3) is 2.92. The Kier molecular flexibility index (Phi) is 4.80. The first-order chi connectivity index (χ1) is 9.13. The first-order valence-electron chi connectivity index (χ1n) is 7.10. The van der Waals surface area contributed by atoms with E-state index in [0.29, 0.717) is 11.8 Å². The highest BCUT2D eigenvalue weighted by atomic mass is 35.5. The SMILES string of the molecule is COC1(c2ncc(CCl)c(C(C)C)n2)CCCCC1. The second-order valence-corrected chi connectivity index (χ2v) is 5.92. The number of hydrogen-bond acceptors (Lipinski definition) is 3. The van der Waals surface area contributed by atoms with E-state index in [4.69, 9.17) is 21.3 Å². The molecule has 0 N–H and O–H groups in total. The lowest BCUT2D eigenvalue weighted by atomic mass is 9.83. The lowest BCUT2D eigenvalue weighted by Crippen LogP contribution is -2.33. The number of ether oxygens (including phenoxy) is 1. The Hall–Kier alpha value is -0.670. The number of halogens is 1. The van der Waals surface area contributed by atoms with Gasteiger partial charge >= 0.3 is 0 Å². The summed E-state index contributed by atoms with van der Waals surface area (Å²) in [5.74, 6) is 1.66. The molecule has 1 aromatic rings. The van der Waals surface area contributed by atoms with Crippen LogP contribution in [0, 0.1) is 0 Å². The van der Waals surface area contributed by atoms with Crippen LogP contribution in [-0.4, -0.2) is 17.1 Å². The molecule has 1 aliphatic carbocycles. The van der Waals surface area contributed by atoms with Crippen LogP contribution in [0.5, 0.6) is 0 Å². The fourth-order valence-electron chi connectivity index (χ4n) is 2.88. The highest BCUT2D eigenvalue weighted by Crippen LogP contribution is 2.38. The zero-order valence-electron chi connectivity index (χ0n) is 12.1. The quantitative estimate of drug-likeness (QED) is 0.778.